The quantitative estimate of drug-likeness (QED) is 0.619. The minimum absolute atomic E-state index is 0.211. The van der Waals surface area contributed by atoms with Crippen molar-refractivity contribution in [3.63, 3.8) is 0 Å². The number of ether oxygens (including phenoxy) is 1. The van der Waals surface area contributed by atoms with E-state index in [0.717, 1.165) is 12.8 Å². The number of hydrogen-bond donors (Lipinski definition) is 2. The number of carbonyl (C=O) groups is 2. The van der Waals surface area contributed by atoms with E-state index in [0.29, 0.717) is 13.0 Å². The van der Waals surface area contributed by atoms with E-state index in [1.807, 2.05) is 20.8 Å². The number of rotatable bonds is 9. The largest absolute Gasteiger partial charge is 0.480 e. The van der Waals surface area contributed by atoms with E-state index in [1.54, 1.807) is 6.92 Å². The zero-order valence-electron chi connectivity index (χ0n) is 11.7. The van der Waals surface area contributed by atoms with Gasteiger partial charge in [0.15, 0.2) is 0 Å². The summed E-state index contributed by atoms with van der Waals surface area (Å²) >= 11 is 0. The van der Waals surface area contributed by atoms with Crippen molar-refractivity contribution in [2.75, 3.05) is 6.61 Å². The molecular weight excluding hydrogens is 234 g/mol. The topological polar surface area (TPSA) is 75.6 Å². The summed E-state index contributed by atoms with van der Waals surface area (Å²) in [6.45, 7) is 8.04. The van der Waals surface area contributed by atoms with Crippen LogP contribution in [0.5, 0.6) is 0 Å². The third kappa shape index (κ3) is 7.27. The van der Waals surface area contributed by atoms with Gasteiger partial charge in [-0.05, 0) is 25.7 Å². The fraction of sp³-hybridized carbons (Fsp3) is 0.846. The van der Waals surface area contributed by atoms with Gasteiger partial charge in [0.25, 0.3) is 0 Å². The monoisotopic (exact) mass is 259 g/mol. The van der Waals surface area contributed by atoms with Gasteiger partial charge in [0.1, 0.15) is 12.1 Å². The van der Waals surface area contributed by atoms with Crippen LogP contribution in [0.25, 0.3) is 0 Å². The Balaban J connectivity index is 4.19. The van der Waals surface area contributed by atoms with Gasteiger partial charge >= 0.3 is 5.97 Å². The Kier molecular flexibility index (Phi) is 8.37. The van der Waals surface area contributed by atoms with Crippen LogP contribution in [0.15, 0.2) is 0 Å². The van der Waals surface area contributed by atoms with E-state index in [1.165, 1.54) is 0 Å². The Hall–Kier alpha value is -1.10. The number of amides is 1. The maximum atomic E-state index is 11.7. The third-order valence-corrected chi connectivity index (χ3v) is 2.56. The van der Waals surface area contributed by atoms with Crippen molar-refractivity contribution in [3.8, 4) is 0 Å². The Morgan fingerprint density at radius 3 is 2.33 bits per heavy atom. The van der Waals surface area contributed by atoms with Gasteiger partial charge in [-0.2, -0.15) is 0 Å². The Labute approximate surface area is 109 Å². The Morgan fingerprint density at radius 2 is 1.89 bits per heavy atom. The van der Waals surface area contributed by atoms with Gasteiger partial charge in [0.05, 0.1) is 0 Å². The maximum Gasteiger partial charge on any atom is 0.326 e. The molecule has 0 rings (SSSR count). The SMILES string of the molecule is CCCCOC(C)C(=O)NC(CC(C)C)C(=O)O. The molecule has 2 N–H and O–H groups in total. The smallest absolute Gasteiger partial charge is 0.326 e. The number of nitrogens with one attached hydrogen (secondary N) is 1. The first-order chi connectivity index (χ1) is 8.38. The van der Waals surface area contributed by atoms with Gasteiger partial charge in [-0.25, -0.2) is 4.79 Å². The Bertz CT molecular complexity index is 266. The van der Waals surface area contributed by atoms with E-state index in [-0.39, 0.29) is 11.8 Å². The molecule has 106 valence electrons. The van der Waals surface area contributed by atoms with Crippen molar-refractivity contribution in [2.45, 2.75) is 59.1 Å². The van der Waals surface area contributed by atoms with Crippen molar-refractivity contribution >= 4 is 11.9 Å². The van der Waals surface area contributed by atoms with Crippen molar-refractivity contribution < 1.29 is 19.4 Å². The Morgan fingerprint density at radius 1 is 1.28 bits per heavy atom. The number of carboxylic acids is 1. The third-order valence-electron chi connectivity index (χ3n) is 2.56. The molecule has 1 amide bonds. The van der Waals surface area contributed by atoms with Gasteiger partial charge in [-0.15, -0.1) is 0 Å². The minimum atomic E-state index is -1.00. The van der Waals surface area contributed by atoms with E-state index in [4.69, 9.17) is 9.84 Å². The molecule has 0 aliphatic rings. The summed E-state index contributed by atoms with van der Waals surface area (Å²) in [6.07, 6.45) is 1.71. The molecule has 18 heavy (non-hydrogen) atoms. The highest BCUT2D eigenvalue weighted by molar-refractivity contribution is 5.86. The number of unbranched alkanes of at least 4 members (excludes halogenated alkanes) is 1. The molecule has 0 bridgehead atoms. The fourth-order valence-corrected chi connectivity index (χ4v) is 1.46. The minimum Gasteiger partial charge on any atom is -0.480 e. The number of aliphatic carboxylic acids is 1. The summed E-state index contributed by atoms with van der Waals surface area (Å²) in [5, 5.41) is 11.5. The molecule has 0 saturated carbocycles. The normalized spacial score (nSPS) is 14.3. The lowest BCUT2D eigenvalue weighted by molar-refractivity contribution is -0.144. The summed E-state index contributed by atoms with van der Waals surface area (Å²) in [6, 6.07) is -0.838. The first kappa shape index (κ1) is 16.9. The molecule has 0 aromatic carbocycles. The van der Waals surface area contributed by atoms with Crippen molar-refractivity contribution in [2.24, 2.45) is 5.92 Å². The summed E-state index contributed by atoms with van der Waals surface area (Å²) in [4.78, 5) is 22.7. The molecule has 0 aliphatic carbocycles. The van der Waals surface area contributed by atoms with E-state index in [9.17, 15) is 9.59 Å². The average Bonchev–Trinajstić information content (AvgIpc) is 2.27. The van der Waals surface area contributed by atoms with E-state index < -0.39 is 18.1 Å². The van der Waals surface area contributed by atoms with Gasteiger partial charge in [-0.3, -0.25) is 4.79 Å². The highest BCUT2D eigenvalue weighted by Crippen LogP contribution is 2.06. The lowest BCUT2D eigenvalue weighted by Crippen LogP contribution is -2.46. The summed E-state index contributed by atoms with van der Waals surface area (Å²) in [5.41, 5.74) is 0. The second-order valence-corrected chi connectivity index (χ2v) is 4.90. The van der Waals surface area contributed by atoms with Crippen LogP contribution in [-0.4, -0.2) is 35.7 Å². The predicted octanol–water partition coefficient (Wildman–Crippen LogP) is 1.81. The molecule has 0 spiro atoms. The lowest BCUT2D eigenvalue weighted by Gasteiger charge is -2.19. The molecule has 2 atom stereocenters. The molecule has 2 unspecified atom stereocenters. The van der Waals surface area contributed by atoms with Crippen LogP contribution in [0.2, 0.25) is 0 Å². The molecule has 0 fully saturated rings. The lowest BCUT2D eigenvalue weighted by atomic mass is 10.0. The van der Waals surface area contributed by atoms with Crippen LogP contribution < -0.4 is 5.32 Å². The molecular formula is C13H25NO4. The molecule has 5 heteroatoms. The molecule has 5 nitrogen and oxygen atoms in total. The molecule has 0 saturated heterocycles. The highest BCUT2D eigenvalue weighted by atomic mass is 16.5. The predicted molar refractivity (Wildman–Crippen MR) is 69.3 cm³/mol. The highest BCUT2D eigenvalue weighted by Gasteiger charge is 2.23. The molecule has 0 heterocycles. The van der Waals surface area contributed by atoms with Gasteiger partial charge in [0, 0.05) is 6.61 Å². The van der Waals surface area contributed by atoms with E-state index in [2.05, 4.69) is 5.32 Å². The van der Waals surface area contributed by atoms with Crippen LogP contribution in [0, 0.1) is 5.92 Å². The number of hydrogen-bond acceptors (Lipinski definition) is 3. The molecule has 0 aromatic heterocycles. The average molecular weight is 259 g/mol. The zero-order chi connectivity index (χ0) is 14.1. The summed E-state index contributed by atoms with van der Waals surface area (Å²) < 4.78 is 5.32. The fourth-order valence-electron chi connectivity index (χ4n) is 1.46. The van der Waals surface area contributed by atoms with Gasteiger partial charge in [0.2, 0.25) is 5.91 Å². The van der Waals surface area contributed by atoms with Crippen LogP contribution in [0.3, 0.4) is 0 Å². The first-order valence-corrected chi connectivity index (χ1v) is 6.53. The van der Waals surface area contributed by atoms with Crippen LogP contribution in [-0.2, 0) is 14.3 Å². The number of carboxylic acid groups (broad SMARTS) is 1. The van der Waals surface area contributed by atoms with Crippen LogP contribution in [0.4, 0.5) is 0 Å². The van der Waals surface area contributed by atoms with Crippen molar-refractivity contribution in [1.82, 2.24) is 5.32 Å². The van der Waals surface area contributed by atoms with Gasteiger partial charge < -0.3 is 15.2 Å². The second-order valence-electron chi connectivity index (χ2n) is 4.90. The number of carbonyl (C=O) groups excluding carboxylic acids is 1. The summed E-state index contributed by atoms with van der Waals surface area (Å²) in [5.74, 6) is -1.15. The van der Waals surface area contributed by atoms with E-state index >= 15 is 0 Å². The van der Waals surface area contributed by atoms with Crippen LogP contribution >= 0.6 is 0 Å². The van der Waals surface area contributed by atoms with Gasteiger partial charge in [-0.1, -0.05) is 27.2 Å². The maximum absolute atomic E-state index is 11.7. The summed E-state index contributed by atoms with van der Waals surface area (Å²) in [7, 11) is 0. The second kappa shape index (κ2) is 8.91. The first-order valence-electron chi connectivity index (χ1n) is 6.53. The van der Waals surface area contributed by atoms with Crippen molar-refractivity contribution in [3.05, 3.63) is 0 Å². The molecule has 0 aromatic rings. The van der Waals surface area contributed by atoms with Crippen molar-refractivity contribution in [1.29, 1.82) is 0 Å². The van der Waals surface area contributed by atoms with Crippen LogP contribution in [0.1, 0.15) is 47.0 Å². The molecule has 0 radical (unpaired) electrons. The molecule has 0 aliphatic heterocycles. The zero-order valence-corrected chi connectivity index (χ0v) is 11.7. The standard InChI is InChI=1S/C13H25NO4/c1-5-6-7-18-10(4)12(15)14-11(13(16)17)8-9(2)3/h9-11H,5-8H2,1-4H3,(H,14,15)(H,16,17).